The molecule has 0 aliphatic rings. The van der Waals surface area contributed by atoms with E-state index < -0.39 is 11.9 Å². The highest BCUT2D eigenvalue weighted by molar-refractivity contribution is 5.99. The van der Waals surface area contributed by atoms with E-state index in [-0.39, 0.29) is 18.4 Å². The van der Waals surface area contributed by atoms with Crippen molar-refractivity contribution in [2.45, 2.75) is 32.7 Å². The number of hydrogen-bond acceptors (Lipinski definition) is 4. The Morgan fingerprint density at radius 1 is 0.935 bits per heavy atom. The highest BCUT2D eigenvalue weighted by Gasteiger charge is 2.26. The zero-order valence-corrected chi connectivity index (χ0v) is 18.5. The smallest absolute Gasteiger partial charge is 0.318 e. The number of ketones is 1. The second kappa shape index (κ2) is 10.2. The van der Waals surface area contributed by atoms with Gasteiger partial charge in [-0.15, -0.1) is 0 Å². The zero-order valence-electron chi connectivity index (χ0n) is 18.5. The van der Waals surface area contributed by atoms with Gasteiger partial charge in [0.1, 0.15) is 5.92 Å². The van der Waals surface area contributed by atoms with E-state index in [1.807, 2.05) is 87.5 Å². The number of Topliss-reactive ketones (excluding diaryl/α,β-unsaturated/α-hetero) is 1. The summed E-state index contributed by atoms with van der Waals surface area (Å²) in [5.41, 5.74) is 4.06. The Bertz CT molecular complexity index is 985. The number of hydrogen-bond donors (Lipinski definition) is 0. The van der Waals surface area contributed by atoms with Crippen molar-refractivity contribution in [1.29, 1.82) is 0 Å². The molecule has 0 N–H and O–H groups in total. The van der Waals surface area contributed by atoms with E-state index in [2.05, 4.69) is 4.57 Å². The number of esters is 1. The molecule has 0 bridgehead atoms. The Balaban J connectivity index is 1.77. The van der Waals surface area contributed by atoms with E-state index in [0.717, 1.165) is 22.5 Å². The van der Waals surface area contributed by atoms with E-state index in [1.54, 1.807) is 7.11 Å². The molecule has 0 aliphatic heterocycles. The van der Waals surface area contributed by atoms with Crippen molar-refractivity contribution in [2.24, 2.45) is 0 Å². The number of aryl methyl sites for hydroxylation is 1. The number of nitrogens with zero attached hydrogens (tertiary/aromatic N) is 1. The van der Waals surface area contributed by atoms with Crippen LogP contribution in [0, 0.1) is 13.8 Å². The quantitative estimate of drug-likeness (QED) is 0.367. The first-order valence-corrected chi connectivity index (χ1v) is 10.4. The molecule has 3 aromatic rings. The van der Waals surface area contributed by atoms with Gasteiger partial charge in [0, 0.05) is 24.1 Å². The topological polar surface area (TPSA) is 57.5 Å². The lowest BCUT2D eigenvalue weighted by atomic mass is 9.91. The van der Waals surface area contributed by atoms with E-state index >= 15 is 0 Å². The van der Waals surface area contributed by atoms with Gasteiger partial charge in [0.2, 0.25) is 5.78 Å². The fourth-order valence-electron chi connectivity index (χ4n) is 4.11. The molecule has 1 aromatic heterocycles. The third kappa shape index (κ3) is 5.12. The lowest BCUT2D eigenvalue weighted by molar-refractivity contribution is -0.143. The maximum absolute atomic E-state index is 13.0. The van der Waals surface area contributed by atoms with E-state index in [9.17, 15) is 9.59 Å². The highest BCUT2D eigenvalue weighted by atomic mass is 16.5. The Kier molecular flexibility index (Phi) is 7.42. The summed E-state index contributed by atoms with van der Waals surface area (Å²) < 4.78 is 12.8. The van der Waals surface area contributed by atoms with Gasteiger partial charge >= 0.3 is 5.97 Å². The SMILES string of the molecule is COC[C@H](C)n1c(C)cc(C(=O)COC(=O)C(c2ccccc2)c2ccccc2)c1C. The van der Waals surface area contributed by atoms with E-state index in [1.165, 1.54) is 0 Å². The average molecular weight is 420 g/mol. The molecule has 0 saturated heterocycles. The molecule has 0 unspecified atom stereocenters. The van der Waals surface area contributed by atoms with Crippen LogP contribution in [0.3, 0.4) is 0 Å². The molecular formula is C26H29NO4. The van der Waals surface area contributed by atoms with Crippen molar-refractivity contribution < 1.29 is 19.1 Å². The van der Waals surface area contributed by atoms with Gasteiger partial charge in [-0.2, -0.15) is 0 Å². The molecule has 0 fully saturated rings. The van der Waals surface area contributed by atoms with Gasteiger partial charge in [-0.1, -0.05) is 60.7 Å². The van der Waals surface area contributed by atoms with Crippen molar-refractivity contribution in [3.05, 3.63) is 94.8 Å². The van der Waals surface area contributed by atoms with Crippen LogP contribution in [0.1, 0.15) is 51.8 Å². The van der Waals surface area contributed by atoms with Gasteiger partial charge in [0.05, 0.1) is 12.6 Å². The standard InChI is InChI=1S/C26H29NO4/c1-18-15-23(20(3)27(18)19(2)16-30-4)24(28)17-31-26(29)25(21-11-7-5-8-12-21)22-13-9-6-10-14-22/h5-15,19,25H,16-17H2,1-4H3/t19-/m0/s1. The van der Waals surface area contributed by atoms with Gasteiger partial charge in [-0.25, -0.2) is 0 Å². The molecule has 0 radical (unpaired) electrons. The molecule has 1 heterocycles. The highest BCUT2D eigenvalue weighted by Crippen LogP contribution is 2.26. The fraction of sp³-hybridized carbons (Fsp3) is 0.308. The van der Waals surface area contributed by atoms with Crippen molar-refractivity contribution >= 4 is 11.8 Å². The Hall–Kier alpha value is -3.18. The molecule has 0 aliphatic carbocycles. The number of methoxy groups -OCH3 is 1. The monoisotopic (exact) mass is 419 g/mol. The molecular weight excluding hydrogens is 390 g/mol. The lowest BCUT2D eigenvalue weighted by Crippen LogP contribution is -2.21. The molecule has 162 valence electrons. The van der Waals surface area contributed by atoms with Crippen LogP contribution in [0.15, 0.2) is 66.7 Å². The first kappa shape index (κ1) is 22.5. The van der Waals surface area contributed by atoms with Crippen LogP contribution in [-0.4, -0.2) is 36.6 Å². The maximum atomic E-state index is 13.0. The summed E-state index contributed by atoms with van der Waals surface area (Å²) in [6.07, 6.45) is 0. The third-order valence-electron chi connectivity index (χ3n) is 5.48. The van der Waals surface area contributed by atoms with E-state index in [0.29, 0.717) is 12.2 Å². The Morgan fingerprint density at radius 3 is 2.00 bits per heavy atom. The number of rotatable bonds is 9. The van der Waals surface area contributed by atoms with Crippen molar-refractivity contribution in [3.63, 3.8) is 0 Å². The van der Waals surface area contributed by atoms with Gasteiger partial charge in [-0.05, 0) is 38.0 Å². The maximum Gasteiger partial charge on any atom is 0.318 e. The summed E-state index contributed by atoms with van der Waals surface area (Å²) in [6, 6.07) is 20.9. The van der Waals surface area contributed by atoms with E-state index in [4.69, 9.17) is 9.47 Å². The molecule has 0 saturated carbocycles. The number of carbonyl (C=O) groups excluding carboxylic acids is 2. The Morgan fingerprint density at radius 2 is 1.48 bits per heavy atom. The minimum atomic E-state index is -0.579. The van der Waals surface area contributed by atoms with Crippen molar-refractivity contribution in [1.82, 2.24) is 4.57 Å². The van der Waals surface area contributed by atoms with Crippen LogP contribution in [0.5, 0.6) is 0 Å². The zero-order chi connectivity index (χ0) is 22.4. The van der Waals surface area contributed by atoms with Crippen LogP contribution in [-0.2, 0) is 14.3 Å². The minimum Gasteiger partial charge on any atom is -0.457 e. The third-order valence-corrected chi connectivity index (χ3v) is 5.48. The first-order valence-electron chi connectivity index (χ1n) is 10.4. The van der Waals surface area contributed by atoms with Crippen molar-refractivity contribution in [2.75, 3.05) is 20.3 Å². The molecule has 3 rings (SSSR count). The van der Waals surface area contributed by atoms with Crippen LogP contribution in [0.2, 0.25) is 0 Å². The average Bonchev–Trinajstić information content (AvgIpc) is 3.08. The molecule has 31 heavy (non-hydrogen) atoms. The van der Waals surface area contributed by atoms with Crippen LogP contribution >= 0.6 is 0 Å². The van der Waals surface area contributed by atoms with Crippen LogP contribution < -0.4 is 0 Å². The summed E-state index contributed by atoms with van der Waals surface area (Å²) in [5, 5.41) is 0. The minimum absolute atomic E-state index is 0.106. The summed E-state index contributed by atoms with van der Waals surface area (Å²) in [4.78, 5) is 25.9. The molecule has 1 atom stereocenters. The summed E-state index contributed by atoms with van der Waals surface area (Å²) in [5.74, 6) is -1.23. The van der Waals surface area contributed by atoms with Crippen LogP contribution in [0.25, 0.3) is 0 Å². The fourth-order valence-corrected chi connectivity index (χ4v) is 4.11. The lowest BCUT2D eigenvalue weighted by Gasteiger charge is -2.18. The second-order valence-electron chi connectivity index (χ2n) is 7.74. The van der Waals surface area contributed by atoms with Gasteiger partial charge in [0.15, 0.2) is 6.61 Å². The summed E-state index contributed by atoms with van der Waals surface area (Å²) >= 11 is 0. The first-order chi connectivity index (χ1) is 14.9. The van der Waals surface area contributed by atoms with Crippen LogP contribution in [0.4, 0.5) is 0 Å². The number of aromatic nitrogens is 1. The number of carbonyl (C=O) groups is 2. The normalized spacial score (nSPS) is 12.0. The largest absolute Gasteiger partial charge is 0.457 e. The molecule has 0 amide bonds. The van der Waals surface area contributed by atoms with Gasteiger partial charge in [0.25, 0.3) is 0 Å². The van der Waals surface area contributed by atoms with Gasteiger partial charge < -0.3 is 14.0 Å². The number of benzene rings is 2. The molecule has 0 spiro atoms. The molecule has 5 nitrogen and oxygen atoms in total. The summed E-state index contributed by atoms with van der Waals surface area (Å²) in [6.45, 7) is 6.17. The summed E-state index contributed by atoms with van der Waals surface area (Å²) in [7, 11) is 1.66. The van der Waals surface area contributed by atoms with Crippen molar-refractivity contribution in [3.8, 4) is 0 Å². The predicted molar refractivity (Wildman–Crippen MR) is 121 cm³/mol. The Labute approximate surface area is 183 Å². The van der Waals surface area contributed by atoms with Gasteiger partial charge in [-0.3, -0.25) is 9.59 Å². The molecule has 5 heteroatoms. The molecule has 2 aromatic carbocycles. The second-order valence-corrected chi connectivity index (χ2v) is 7.74. The number of ether oxygens (including phenoxy) is 2. The predicted octanol–water partition coefficient (Wildman–Crippen LogP) is 4.87.